The number of aromatic nitrogens is 3. The molecule has 0 N–H and O–H groups in total. The molecule has 1 aliphatic heterocycles. The van der Waals surface area contributed by atoms with Gasteiger partial charge in [-0.15, -0.1) is 5.10 Å². The van der Waals surface area contributed by atoms with Gasteiger partial charge in [-0.25, -0.2) is 4.39 Å². The van der Waals surface area contributed by atoms with Gasteiger partial charge in [0.2, 0.25) is 4.96 Å². The van der Waals surface area contributed by atoms with Crippen LogP contribution in [0.15, 0.2) is 53.3 Å². The lowest BCUT2D eigenvalue weighted by atomic mass is 10.2. The van der Waals surface area contributed by atoms with Crippen molar-refractivity contribution in [3.8, 4) is 11.5 Å². The van der Waals surface area contributed by atoms with E-state index in [1.807, 2.05) is 24.3 Å². The maximum absolute atomic E-state index is 13.3. The highest BCUT2D eigenvalue weighted by Crippen LogP contribution is 2.35. The molecule has 1 aliphatic rings. The summed E-state index contributed by atoms with van der Waals surface area (Å²) in [5.74, 6) is 1.33. The largest absolute Gasteiger partial charge is 0.485 e. The number of nitrogens with zero attached hydrogens (tertiary/aromatic N) is 3. The summed E-state index contributed by atoms with van der Waals surface area (Å²) in [7, 11) is 0. The van der Waals surface area contributed by atoms with Crippen molar-refractivity contribution in [2.24, 2.45) is 0 Å². The lowest BCUT2D eigenvalue weighted by Gasteiger charge is -2.24. The molecule has 0 amide bonds. The van der Waals surface area contributed by atoms with Crippen LogP contribution < -0.4 is 19.6 Å². The van der Waals surface area contributed by atoms with E-state index >= 15 is 0 Å². The van der Waals surface area contributed by atoms with Crippen LogP contribution in [0.5, 0.6) is 11.5 Å². The lowest BCUT2D eigenvalue weighted by molar-refractivity contribution is 0.0852. The van der Waals surface area contributed by atoms with Crippen molar-refractivity contribution in [2.75, 3.05) is 6.61 Å². The third-order valence-electron chi connectivity index (χ3n) is 4.14. The second kappa shape index (κ2) is 6.17. The molecule has 3 heterocycles. The van der Waals surface area contributed by atoms with Crippen LogP contribution in [-0.2, 0) is 0 Å². The fourth-order valence-corrected chi connectivity index (χ4v) is 3.79. The normalized spacial score (nSPS) is 16.8. The molecule has 134 valence electrons. The number of para-hydroxylation sites is 2. The second-order valence-electron chi connectivity index (χ2n) is 6.00. The number of hydrogen-bond donors (Lipinski definition) is 0. The molecule has 1 atom stereocenters. The van der Waals surface area contributed by atoms with E-state index in [0.29, 0.717) is 32.4 Å². The highest BCUT2D eigenvalue weighted by atomic mass is 32.1. The topological polar surface area (TPSA) is 65.7 Å². The van der Waals surface area contributed by atoms with Crippen LogP contribution in [0, 0.1) is 5.82 Å². The van der Waals surface area contributed by atoms with Crippen LogP contribution in [-0.4, -0.2) is 21.2 Å². The molecule has 0 aliphatic carbocycles. The van der Waals surface area contributed by atoms with Crippen molar-refractivity contribution in [1.29, 1.82) is 0 Å². The zero-order chi connectivity index (χ0) is 18.4. The fourth-order valence-electron chi connectivity index (χ4n) is 2.88. The lowest BCUT2D eigenvalue weighted by Crippen LogP contribution is -2.26. The number of ether oxygens (including phenoxy) is 2. The Morgan fingerprint density at radius 1 is 1.19 bits per heavy atom. The molecule has 2 aromatic heterocycles. The van der Waals surface area contributed by atoms with E-state index in [1.54, 1.807) is 18.2 Å². The summed E-state index contributed by atoms with van der Waals surface area (Å²) in [5, 5.41) is 4.29. The van der Waals surface area contributed by atoms with Gasteiger partial charge in [0.25, 0.3) is 5.56 Å². The van der Waals surface area contributed by atoms with E-state index in [9.17, 15) is 9.18 Å². The van der Waals surface area contributed by atoms with Crippen molar-refractivity contribution in [3.05, 3.63) is 80.6 Å². The third kappa shape index (κ3) is 2.83. The summed E-state index contributed by atoms with van der Waals surface area (Å²) in [5.41, 5.74) is 0.313. The molecule has 0 bridgehead atoms. The quantitative estimate of drug-likeness (QED) is 0.533. The van der Waals surface area contributed by atoms with Gasteiger partial charge in [-0.3, -0.25) is 4.79 Å². The average molecular weight is 381 g/mol. The molecule has 0 fully saturated rings. The first-order valence-electron chi connectivity index (χ1n) is 8.23. The number of hydrogen-bond acceptors (Lipinski definition) is 6. The smallest absolute Gasteiger partial charge is 0.291 e. The fraction of sp³-hybridized carbons (Fsp3) is 0.105. The van der Waals surface area contributed by atoms with Crippen LogP contribution in [0.25, 0.3) is 11.0 Å². The molecule has 0 saturated heterocycles. The average Bonchev–Trinajstić information content (AvgIpc) is 3.21. The summed E-state index contributed by atoms with van der Waals surface area (Å²) >= 11 is 1.20. The van der Waals surface area contributed by atoms with Crippen molar-refractivity contribution >= 4 is 22.4 Å². The summed E-state index contributed by atoms with van der Waals surface area (Å²) < 4.78 is 26.6. The van der Waals surface area contributed by atoms with Gasteiger partial charge in [0.05, 0.1) is 4.53 Å². The molecule has 0 spiro atoms. The van der Waals surface area contributed by atoms with Crippen molar-refractivity contribution in [1.82, 2.24) is 14.6 Å². The molecular formula is C19H12FN3O3S. The number of thiazole rings is 1. The molecule has 5 rings (SSSR count). The molecule has 0 radical (unpaired) electrons. The van der Waals surface area contributed by atoms with E-state index in [0.717, 1.165) is 0 Å². The van der Waals surface area contributed by atoms with E-state index in [-0.39, 0.29) is 18.0 Å². The van der Waals surface area contributed by atoms with Crippen molar-refractivity contribution in [3.63, 3.8) is 0 Å². The van der Waals surface area contributed by atoms with Crippen LogP contribution in [0.3, 0.4) is 0 Å². The minimum atomic E-state index is -0.484. The molecule has 27 heavy (non-hydrogen) atoms. The predicted octanol–water partition coefficient (Wildman–Crippen LogP) is 2.35. The van der Waals surface area contributed by atoms with Gasteiger partial charge in [-0.1, -0.05) is 35.6 Å². The Morgan fingerprint density at radius 2 is 2.04 bits per heavy atom. The molecule has 1 unspecified atom stereocenters. The number of benzene rings is 2. The number of rotatable bonds is 2. The van der Waals surface area contributed by atoms with E-state index in [2.05, 4.69) is 10.1 Å². The van der Waals surface area contributed by atoms with Gasteiger partial charge in [-0.05, 0) is 35.9 Å². The van der Waals surface area contributed by atoms with E-state index in [1.165, 1.54) is 28.0 Å². The SMILES string of the molecule is O=c1/c(=C/c2cccc(F)c2)sc2nc(C3COc4ccccc4O3)nn12. The van der Waals surface area contributed by atoms with Gasteiger partial charge in [-0.2, -0.15) is 9.50 Å². The van der Waals surface area contributed by atoms with Crippen LogP contribution in [0.1, 0.15) is 17.5 Å². The van der Waals surface area contributed by atoms with Crippen molar-refractivity contribution < 1.29 is 13.9 Å². The van der Waals surface area contributed by atoms with Crippen LogP contribution in [0.4, 0.5) is 4.39 Å². The van der Waals surface area contributed by atoms with Gasteiger partial charge in [0.1, 0.15) is 12.4 Å². The van der Waals surface area contributed by atoms with Gasteiger partial charge in [0.15, 0.2) is 23.4 Å². The zero-order valence-corrected chi connectivity index (χ0v) is 14.6. The third-order valence-corrected chi connectivity index (χ3v) is 5.10. The summed E-state index contributed by atoms with van der Waals surface area (Å²) in [6, 6.07) is 13.4. The molecule has 4 aromatic rings. The monoisotopic (exact) mass is 381 g/mol. The Labute approximate surface area is 156 Å². The van der Waals surface area contributed by atoms with Crippen molar-refractivity contribution in [2.45, 2.75) is 6.10 Å². The second-order valence-corrected chi connectivity index (χ2v) is 7.01. The van der Waals surface area contributed by atoms with Crippen LogP contribution >= 0.6 is 11.3 Å². The number of fused-ring (bicyclic) bond motifs is 2. The number of halogens is 1. The first-order chi connectivity index (χ1) is 13.2. The minimum absolute atomic E-state index is 0.269. The highest BCUT2D eigenvalue weighted by molar-refractivity contribution is 7.15. The highest BCUT2D eigenvalue weighted by Gasteiger charge is 2.27. The van der Waals surface area contributed by atoms with Gasteiger partial charge < -0.3 is 9.47 Å². The Bertz CT molecular complexity index is 1270. The van der Waals surface area contributed by atoms with E-state index in [4.69, 9.17) is 9.47 Å². The van der Waals surface area contributed by atoms with Crippen LogP contribution in [0.2, 0.25) is 0 Å². The maximum atomic E-state index is 13.3. The Kier molecular flexibility index (Phi) is 3.64. The summed E-state index contributed by atoms with van der Waals surface area (Å²) in [6.07, 6.45) is 1.14. The predicted molar refractivity (Wildman–Crippen MR) is 97.6 cm³/mol. The molecule has 6 nitrogen and oxygen atoms in total. The first-order valence-corrected chi connectivity index (χ1v) is 9.04. The standard InChI is InChI=1S/C19H12FN3O3S/c20-12-5-3-4-11(8-12)9-16-18(24)23-19(27-16)21-17(22-23)15-10-25-13-6-1-2-7-14(13)26-15/h1-9,15H,10H2/b16-9-. The maximum Gasteiger partial charge on any atom is 0.291 e. The first kappa shape index (κ1) is 16.0. The summed E-state index contributed by atoms with van der Waals surface area (Å²) in [4.78, 5) is 17.5. The zero-order valence-electron chi connectivity index (χ0n) is 13.8. The molecule has 8 heteroatoms. The Balaban J connectivity index is 1.50. The molecule has 2 aromatic carbocycles. The summed E-state index contributed by atoms with van der Waals surface area (Å²) in [6.45, 7) is 0.269. The molecular weight excluding hydrogens is 369 g/mol. The van der Waals surface area contributed by atoms with Gasteiger partial charge in [0, 0.05) is 0 Å². The Hall–Kier alpha value is -3.26. The Morgan fingerprint density at radius 3 is 2.85 bits per heavy atom. The van der Waals surface area contributed by atoms with Gasteiger partial charge >= 0.3 is 0 Å². The molecule has 0 saturated carbocycles. The van der Waals surface area contributed by atoms with E-state index < -0.39 is 6.10 Å². The minimum Gasteiger partial charge on any atom is -0.485 e.